The van der Waals surface area contributed by atoms with Crippen LogP contribution < -0.4 is 5.46 Å². The Bertz CT molecular complexity index is 585. The zero-order valence-corrected chi connectivity index (χ0v) is 9.83. The van der Waals surface area contributed by atoms with Gasteiger partial charge in [0.15, 0.2) is 0 Å². The van der Waals surface area contributed by atoms with Crippen molar-refractivity contribution in [3.63, 3.8) is 0 Å². The molecule has 0 saturated carbocycles. The molecule has 0 saturated heterocycles. The fourth-order valence-electron chi connectivity index (χ4n) is 1.64. The molecule has 92 valence electrons. The first-order valence-corrected chi connectivity index (χ1v) is 5.54. The van der Waals surface area contributed by atoms with Gasteiger partial charge in [-0.15, -0.1) is 0 Å². The van der Waals surface area contributed by atoms with Crippen LogP contribution in [0.5, 0.6) is 0 Å². The summed E-state index contributed by atoms with van der Waals surface area (Å²) in [5.41, 5.74) is 0.567. The highest BCUT2D eigenvalue weighted by Crippen LogP contribution is 2.13. The molecule has 0 aliphatic carbocycles. The van der Waals surface area contributed by atoms with Crippen molar-refractivity contribution in [3.8, 4) is 0 Å². The molecule has 0 spiro atoms. The summed E-state index contributed by atoms with van der Waals surface area (Å²) in [6, 6.07) is 6.48. The van der Waals surface area contributed by atoms with Crippen molar-refractivity contribution < 1.29 is 19.6 Å². The largest absolute Gasteiger partial charge is 0.488 e. The number of carbonyl (C=O) groups is 1. The number of carbonyl (C=O) groups excluding carboxylic acids is 1. The number of ether oxygens (including phenoxy) is 1. The maximum atomic E-state index is 11.5. The van der Waals surface area contributed by atoms with Crippen LogP contribution in [-0.2, 0) is 4.74 Å². The van der Waals surface area contributed by atoms with Gasteiger partial charge in [0.1, 0.15) is 5.69 Å². The molecule has 1 heterocycles. The van der Waals surface area contributed by atoms with Crippen LogP contribution in [-0.4, -0.2) is 34.7 Å². The number of aromatic nitrogens is 1. The molecule has 0 aliphatic heterocycles. The third-order valence-corrected chi connectivity index (χ3v) is 2.53. The van der Waals surface area contributed by atoms with E-state index in [4.69, 9.17) is 14.8 Å². The van der Waals surface area contributed by atoms with Crippen LogP contribution in [0.2, 0.25) is 0 Å². The van der Waals surface area contributed by atoms with Gasteiger partial charge in [-0.1, -0.05) is 18.2 Å². The topological polar surface area (TPSA) is 79.7 Å². The van der Waals surface area contributed by atoms with Crippen molar-refractivity contribution in [2.24, 2.45) is 0 Å². The highest BCUT2D eigenvalue weighted by atomic mass is 16.5. The second-order valence-electron chi connectivity index (χ2n) is 3.77. The van der Waals surface area contributed by atoms with Crippen molar-refractivity contribution >= 4 is 29.3 Å². The zero-order chi connectivity index (χ0) is 13.1. The van der Waals surface area contributed by atoms with E-state index < -0.39 is 13.1 Å². The molecular weight excluding hydrogens is 233 g/mol. The van der Waals surface area contributed by atoms with Crippen molar-refractivity contribution in [2.75, 3.05) is 6.61 Å². The predicted octanol–water partition coefficient (Wildman–Crippen LogP) is 0.0913. The van der Waals surface area contributed by atoms with Gasteiger partial charge in [-0.25, -0.2) is 9.78 Å². The lowest BCUT2D eigenvalue weighted by Gasteiger charge is -2.05. The summed E-state index contributed by atoms with van der Waals surface area (Å²) in [6.07, 6.45) is 1.55. The average Bonchev–Trinajstić information content (AvgIpc) is 2.37. The molecule has 2 aromatic rings. The minimum Gasteiger partial charge on any atom is -0.461 e. The van der Waals surface area contributed by atoms with Gasteiger partial charge < -0.3 is 14.8 Å². The Morgan fingerprint density at radius 2 is 2.11 bits per heavy atom. The van der Waals surface area contributed by atoms with Crippen molar-refractivity contribution in [1.29, 1.82) is 0 Å². The highest BCUT2D eigenvalue weighted by molar-refractivity contribution is 6.58. The fourth-order valence-corrected chi connectivity index (χ4v) is 1.64. The second kappa shape index (κ2) is 5.16. The van der Waals surface area contributed by atoms with Gasteiger partial charge in [0.25, 0.3) is 0 Å². The molecule has 0 aliphatic rings. The van der Waals surface area contributed by atoms with Gasteiger partial charge in [0.2, 0.25) is 0 Å². The molecule has 2 N–H and O–H groups in total. The van der Waals surface area contributed by atoms with Gasteiger partial charge in [-0.3, -0.25) is 0 Å². The molecule has 2 rings (SSSR count). The number of rotatable bonds is 3. The van der Waals surface area contributed by atoms with Crippen LogP contribution in [0.15, 0.2) is 30.5 Å². The Labute approximate surface area is 104 Å². The molecule has 18 heavy (non-hydrogen) atoms. The average molecular weight is 245 g/mol. The van der Waals surface area contributed by atoms with Gasteiger partial charge in [0, 0.05) is 11.6 Å². The van der Waals surface area contributed by atoms with E-state index in [-0.39, 0.29) is 12.3 Å². The van der Waals surface area contributed by atoms with E-state index in [2.05, 4.69) is 4.98 Å². The molecule has 0 bridgehead atoms. The van der Waals surface area contributed by atoms with E-state index >= 15 is 0 Å². The quantitative estimate of drug-likeness (QED) is 0.591. The predicted molar refractivity (Wildman–Crippen MR) is 67.5 cm³/mol. The molecule has 1 aromatic heterocycles. The van der Waals surface area contributed by atoms with Crippen LogP contribution in [0.25, 0.3) is 10.8 Å². The molecule has 6 heteroatoms. The van der Waals surface area contributed by atoms with E-state index in [1.54, 1.807) is 37.4 Å². The summed E-state index contributed by atoms with van der Waals surface area (Å²) in [4.78, 5) is 15.5. The van der Waals surface area contributed by atoms with E-state index in [1.807, 2.05) is 0 Å². The zero-order valence-electron chi connectivity index (χ0n) is 9.83. The number of nitrogens with zero attached hydrogens (tertiary/aromatic N) is 1. The molecule has 5 nitrogen and oxygen atoms in total. The minimum absolute atomic E-state index is 0.203. The lowest BCUT2D eigenvalue weighted by atomic mass is 9.79. The summed E-state index contributed by atoms with van der Waals surface area (Å²) in [7, 11) is -1.53. The van der Waals surface area contributed by atoms with E-state index in [0.717, 1.165) is 5.39 Å². The lowest BCUT2D eigenvalue weighted by molar-refractivity contribution is 0.0519. The Hall–Kier alpha value is -1.92. The summed E-state index contributed by atoms with van der Waals surface area (Å²) in [5.74, 6) is -0.491. The number of pyridine rings is 1. The first-order chi connectivity index (χ1) is 8.61. The number of fused-ring (bicyclic) bond motifs is 1. The maximum absolute atomic E-state index is 11.5. The number of benzene rings is 1. The third kappa shape index (κ3) is 2.50. The molecule has 0 unspecified atom stereocenters. The monoisotopic (exact) mass is 245 g/mol. The van der Waals surface area contributed by atoms with Crippen molar-refractivity contribution in [3.05, 3.63) is 36.2 Å². The molecular formula is C12H12BNO4. The SMILES string of the molecule is CCOC(=O)c1cc2cc(B(O)O)ccc2cn1. The first kappa shape index (κ1) is 12.5. The molecule has 0 radical (unpaired) electrons. The lowest BCUT2D eigenvalue weighted by Crippen LogP contribution is -2.29. The minimum atomic E-state index is -1.53. The number of hydrogen-bond donors (Lipinski definition) is 2. The summed E-state index contributed by atoms with van der Waals surface area (Å²) >= 11 is 0. The van der Waals surface area contributed by atoms with Crippen LogP contribution >= 0.6 is 0 Å². The summed E-state index contributed by atoms with van der Waals surface area (Å²) < 4.78 is 4.85. The van der Waals surface area contributed by atoms with Gasteiger partial charge in [-0.05, 0) is 23.8 Å². The van der Waals surface area contributed by atoms with Gasteiger partial charge in [0.05, 0.1) is 6.61 Å². The Balaban J connectivity index is 2.45. The summed E-state index contributed by atoms with van der Waals surface area (Å²) in [6.45, 7) is 2.01. The second-order valence-corrected chi connectivity index (χ2v) is 3.77. The molecule has 1 aromatic carbocycles. The smallest absolute Gasteiger partial charge is 0.461 e. The van der Waals surface area contributed by atoms with Gasteiger partial charge >= 0.3 is 13.1 Å². The number of hydrogen-bond acceptors (Lipinski definition) is 5. The normalized spacial score (nSPS) is 10.4. The molecule has 0 fully saturated rings. The van der Waals surface area contributed by atoms with Crippen molar-refractivity contribution in [1.82, 2.24) is 4.98 Å². The Morgan fingerprint density at radius 1 is 1.33 bits per heavy atom. The Kier molecular flexibility index (Phi) is 3.59. The van der Waals surface area contributed by atoms with Crippen LogP contribution in [0.1, 0.15) is 17.4 Å². The van der Waals surface area contributed by atoms with Gasteiger partial charge in [-0.2, -0.15) is 0 Å². The maximum Gasteiger partial charge on any atom is 0.488 e. The van der Waals surface area contributed by atoms with E-state index in [0.29, 0.717) is 10.8 Å². The van der Waals surface area contributed by atoms with E-state index in [1.165, 1.54) is 0 Å². The Morgan fingerprint density at radius 3 is 2.78 bits per heavy atom. The fraction of sp³-hybridized carbons (Fsp3) is 0.167. The van der Waals surface area contributed by atoms with Crippen molar-refractivity contribution in [2.45, 2.75) is 6.92 Å². The van der Waals surface area contributed by atoms with E-state index in [9.17, 15) is 4.79 Å². The van der Waals surface area contributed by atoms with Crippen LogP contribution in [0, 0.1) is 0 Å². The third-order valence-electron chi connectivity index (χ3n) is 2.53. The molecule has 0 amide bonds. The standard InChI is InChI=1S/C12H12BNO4/c1-2-18-12(15)11-6-9-5-10(13(16)17)4-3-8(9)7-14-11/h3-7,16-17H,2H2,1H3. The number of esters is 1. The van der Waals surface area contributed by atoms with Crippen LogP contribution in [0.3, 0.4) is 0 Å². The van der Waals surface area contributed by atoms with Crippen LogP contribution in [0.4, 0.5) is 0 Å². The highest BCUT2D eigenvalue weighted by Gasteiger charge is 2.13. The first-order valence-electron chi connectivity index (χ1n) is 5.54. The summed E-state index contributed by atoms with van der Waals surface area (Å²) in [5, 5.41) is 19.7. The molecule has 0 atom stereocenters.